The number of nitrogen functional groups attached to an aromatic ring is 1. The van der Waals surface area contributed by atoms with Crippen LogP contribution in [-0.2, 0) is 11.2 Å². The third-order valence-corrected chi connectivity index (χ3v) is 4.55. The molecule has 0 spiro atoms. The molecular weight excluding hydrogens is 372 g/mol. The Morgan fingerprint density at radius 2 is 2.03 bits per heavy atom. The molecule has 0 aliphatic rings. The van der Waals surface area contributed by atoms with E-state index in [1.807, 2.05) is 37.3 Å². The number of pyridine rings is 1. The lowest BCUT2D eigenvalue weighted by molar-refractivity contribution is -0.117. The number of benzene rings is 2. The third kappa shape index (κ3) is 5.25. The fourth-order valence-corrected chi connectivity index (χ4v) is 3.03. The summed E-state index contributed by atoms with van der Waals surface area (Å²) in [4.78, 5) is 16.3. The number of hydrogen-bond donors (Lipinski definition) is 2. The molecule has 0 fully saturated rings. The highest BCUT2D eigenvalue weighted by molar-refractivity contribution is 5.92. The van der Waals surface area contributed by atoms with Crippen molar-refractivity contribution in [3.63, 3.8) is 0 Å². The molecule has 0 saturated heterocycles. The topological polar surface area (TPSA) is 68.0 Å². The van der Waals surface area contributed by atoms with E-state index in [0.717, 1.165) is 28.8 Å². The molecule has 3 aromatic rings. The molecule has 1 aromatic heterocycles. The molecule has 2 aromatic carbocycles. The van der Waals surface area contributed by atoms with Crippen molar-refractivity contribution in [1.29, 1.82) is 0 Å². The number of hydrogen-bond acceptors (Lipinski definition) is 3. The molecule has 1 heterocycles. The number of carbonyl (C=O) groups excluding carboxylic acids is 1. The Hall–Kier alpha value is -3.54. The SMILES string of the molecule is C[C@H](NC(=O)C=Cc1ccc(F)cc1F)c1cccc(Cc2cccnc2)c1N. The van der Waals surface area contributed by atoms with Gasteiger partial charge in [-0.05, 0) is 47.9 Å². The average molecular weight is 393 g/mol. The fourth-order valence-electron chi connectivity index (χ4n) is 3.03. The largest absolute Gasteiger partial charge is 0.398 e. The number of aromatic nitrogens is 1. The number of nitrogens with one attached hydrogen (secondary N) is 1. The molecule has 3 rings (SSSR count). The number of amides is 1. The molecule has 0 unspecified atom stereocenters. The molecule has 4 nitrogen and oxygen atoms in total. The van der Waals surface area contributed by atoms with Gasteiger partial charge < -0.3 is 11.1 Å². The molecule has 3 N–H and O–H groups in total. The second-order valence-electron chi connectivity index (χ2n) is 6.69. The van der Waals surface area contributed by atoms with Crippen LogP contribution in [0.4, 0.5) is 14.5 Å². The van der Waals surface area contributed by atoms with E-state index in [9.17, 15) is 13.6 Å². The monoisotopic (exact) mass is 393 g/mol. The van der Waals surface area contributed by atoms with Crippen LogP contribution in [0, 0.1) is 11.6 Å². The van der Waals surface area contributed by atoms with Crippen molar-refractivity contribution in [3.8, 4) is 0 Å². The van der Waals surface area contributed by atoms with Gasteiger partial charge in [-0.1, -0.05) is 24.3 Å². The van der Waals surface area contributed by atoms with Crippen molar-refractivity contribution in [1.82, 2.24) is 10.3 Å². The molecule has 0 radical (unpaired) electrons. The second kappa shape index (κ2) is 9.10. The number of halogens is 2. The van der Waals surface area contributed by atoms with Crippen LogP contribution < -0.4 is 11.1 Å². The normalized spacial score (nSPS) is 12.1. The molecule has 6 heteroatoms. The lowest BCUT2D eigenvalue weighted by Gasteiger charge is -2.18. The maximum Gasteiger partial charge on any atom is 0.244 e. The van der Waals surface area contributed by atoms with E-state index in [2.05, 4.69) is 10.3 Å². The van der Waals surface area contributed by atoms with Crippen LogP contribution in [0.1, 0.15) is 35.2 Å². The van der Waals surface area contributed by atoms with Crippen LogP contribution in [-0.4, -0.2) is 10.9 Å². The first-order valence-electron chi connectivity index (χ1n) is 9.14. The van der Waals surface area contributed by atoms with Gasteiger partial charge in [-0.2, -0.15) is 0 Å². The predicted octanol–water partition coefficient (Wildman–Crippen LogP) is 4.42. The van der Waals surface area contributed by atoms with Gasteiger partial charge in [0.15, 0.2) is 0 Å². The van der Waals surface area contributed by atoms with Gasteiger partial charge in [0.1, 0.15) is 11.6 Å². The van der Waals surface area contributed by atoms with E-state index in [0.29, 0.717) is 12.1 Å². The minimum absolute atomic E-state index is 0.132. The zero-order valence-electron chi connectivity index (χ0n) is 15.9. The lowest BCUT2D eigenvalue weighted by Crippen LogP contribution is -2.25. The van der Waals surface area contributed by atoms with Crippen molar-refractivity contribution < 1.29 is 13.6 Å². The molecular formula is C23H21F2N3O. The van der Waals surface area contributed by atoms with Crippen molar-refractivity contribution in [3.05, 3.63) is 101 Å². The number of para-hydroxylation sites is 1. The summed E-state index contributed by atoms with van der Waals surface area (Å²) in [6, 6.07) is 12.4. The Balaban J connectivity index is 1.70. The van der Waals surface area contributed by atoms with E-state index in [-0.39, 0.29) is 11.6 Å². The molecule has 0 aliphatic carbocycles. The molecule has 0 saturated carbocycles. The summed E-state index contributed by atoms with van der Waals surface area (Å²) in [7, 11) is 0. The Morgan fingerprint density at radius 3 is 2.76 bits per heavy atom. The summed E-state index contributed by atoms with van der Waals surface area (Å²) in [5.41, 5.74) is 9.85. The van der Waals surface area contributed by atoms with Crippen molar-refractivity contribution in [2.45, 2.75) is 19.4 Å². The number of anilines is 1. The van der Waals surface area contributed by atoms with Crippen LogP contribution in [0.3, 0.4) is 0 Å². The highest BCUT2D eigenvalue weighted by Crippen LogP contribution is 2.25. The number of nitrogens with zero attached hydrogens (tertiary/aromatic N) is 1. The summed E-state index contributed by atoms with van der Waals surface area (Å²) in [5.74, 6) is -1.80. The summed E-state index contributed by atoms with van der Waals surface area (Å²) in [5, 5.41) is 2.81. The highest BCUT2D eigenvalue weighted by atomic mass is 19.1. The van der Waals surface area contributed by atoms with Crippen LogP contribution in [0.15, 0.2) is 67.0 Å². The zero-order valence-corrected chi connectivity index (χ0v) is 15.9. The first-order valence-corrected chi connectivity index (χ1v) is 9.14. The summed E-state index contributed by atoms with van der Waals surface area (Å²) < 4.78 is 26.6. The van der Waals surface area contributed by atoms with Gasteiger partial charge in [-0.15, -0.1) is 0 Å². The van der Waals surface area contributed by atoms with Crippen LogP contribution in [0.2, 0.25) is 0 Å². The first-order chi connectivity index (χ1) is 13.9. The van der Waals surface area contributed by atoms with Gasteiger partial charge >= 0.3 is 0 Å². The van der Waals surface area contributed by atoms with E-state index < -0.39 is 17.5 Å². The number of carbonyl (C=O) groups is 1. The van der Waals surface area contributed by atoms with Crippen LogP contribution in [0.5, 0.6) is 0 Å². The third-order valence-electron chi connectivity index (χ3n) is 4.55. The van der Waals surface area contributed by atoms with Crippen LogP contribution >= 0.6 is 0 Å². The zero-order chi connectivity index (χ0) is 20.8. The van der Waals surface area contributed by atoms with Gasteiger partial charge in [0, 0.05) is 42.2 Å². The van der Waals surface area contributed by atoms with Crippen LogP contribution in [0.25, 0.3) is 6.08 Å². The fraction of sp³-hybridized carbons (Fsp3) is 0.130. The van der Waals surface area contributed by atoms with Gasteiger partial charge in [-0.25, -0.2) is 8.78 Å². The molecule has 148 valence electrons. The summed E-state index contributed by atoms with van der Waals surface area (Å²) in [6.07, 6.45) is 6.66. The molecule has 0 bridgehead atoms. The predicted molar refractivity (Wildman–Crippen MR) is 110 cm³/mol. The quantitative estimate of drug-likeness (QED) is 0.481. The Labute approximate surface area is 168 Å². The Kier molecular flexibility index (Phi) is 6.34. The average Bonchev–Trinajstić information content (AvgIpc) is 2.69. The van der Waals surface area contributed by atoms with Gasteiger partial charge in [0.2, 0.25) is 5.91 Å². The van der Waals surface area contributed by atoms with Crippen molar-refractivity contribution in [2.24, 2.45) is 0 Å². The molecule has 1 amide bonds. The smallest absolute Gasteiger partial charge is 0.244 e. The van der Waals surface area contributed by atoms with E-state index >= 15 is 0 Å². The first kappa shape index (κ1) is 20.2. The second-order valence-corrected chi connectivity index (χ2v) is 6.69. The minimum Gasteiger partial charge on any atom is -0.398 e. The Morgan fingerprint density at radius 1 is 1.21 bits per heavy atom. The van der Waals surface area contributed by atoms with E-state index in [4.69, 9.17) is 5.73 Å². The standard InChI is InChI=1S/C23H21F2N3O/c1-15(28-22(29)10-8-17-7-9-19(24)13-21(17)25)20-6-2-5-18(23(20)26)12-16-4-3-11-27-14-16/h2-11,13-15H,12,26H2,1H3,(H,28,29)/t15-/m0/s1. The van der Waals surface area contributed by atoms with E-state index in [1.54, 1.807) is 12.4 Å². The summed E-state index contributed by atoms with van der Waals surface area (Å²) in [6.45, 7) is 1.82. The van der Waals surface area contributed by atoms with E-state index in [1.165, 1.54) is 18.2 Å². The minimum atomic E-state index is -0.727. The lowest BCUT2D eigenvalue weighted by atomic mass is 9.98. The number of rotatable bonds is 6. The highest BCUT2D eigenvalue weighted by Gasteiger charge is 2.14. The molecule has 0 aliphatic heterocycles. The summed E-state index contributed by atoms with van der Waals surface area (Å²) >= 11 is 0. The van der Waals surface area contributed by atoms with Gasteiger partial charge in [0.25, 0.3) is 0 Å². The maximum absolute atomic E-state index is 13.7. The van der Waals surface area contributed by atoms with Crippen molar-refractivity contribution >= 4 is 17.7 Å². The Bertz CT molecular complexity index is 1040. The molecule has 29 heavy (non-hydrogen) atoms. The molecule has 1 atom stereocenters. The van der Waals surface area contributed by atoms with Gasteiger partial charge in [-0.3, -0.25) is 9.78 Å². The number of nitrogens with two attached hydrogens (primary N) is 1. The maximum atomic E-state index is 13.7. The van der Waals surface area contributed by atoms with Crippen molar-refractivity contribution in [2.75, 3.05) is 5.73 Å². The van der Waals surface area contributed by atoms with Gasteiger partial charge in [0.05, 0.1) is 6.04 Å².